The third kappa shape index (κ3) is 4.84. The fraction of sp³-hybridized carbons (Fsp3) is 0.240. The Morgan fingerprint density at radius 1 is 1.00 bits per heavy atom. The molecule has 0 fully saturated rings. The zero-order valence-corrected chi connectivity index (χ0v) is 18.0. The van der Waals surface area contributed by atoms with Crippen LogP contribution in [0.3, 0.4) is 0 Å². The molecule has 0 unspecified atom stereocenters. The van der Waals surface area contributed by atoms with Gasteiger partial charge < -0.3 is 9.64 Å². The standard InChI is InChI=1S/C25H25ClN2O2/c1-27(2)16-19-3-6-21-14-23(10-7-20(21)13-19)28-12-11-24(15-25(28)29)30-17-18-4-8-22(26)9-5-18/h3-6,8-9,11-15H,7,10,16-17H2,1-2H3. The molecular weight excluding hydrogens is 396 g/mol. The van der Waals surface area contributed by atoms with E-state index in [9.17, 15) is 4.79 Å². The maximum Gasteiger partial charge on any atom is 0.258 e. The van der Waals surface area contributed by atoms with Crippen LogP contribution in [0.2, 0.25) is 5.02 Å². The Morgan fingerprint density at radius 3 is 2.50 bits per heavy atom. The van der Waals surface area contributed by atoms with E-state index in [1.165, 1.54) is 16.7 Å². The number of pyridine rings is 1. The summed E-state index contributed by atoms with van der Waals surface area (Å²) in [5.74, 6) is 0.566. The largest absolute Gasteiger partial charge is 0.489 e. The van der Waals surface area contributed by atoms with Crippen molar-refractivity contribution in [1.82, 2.24) is 9.47 Å². The van der Waals surface area contributed by atoms with E-state index in [0.29, 0.717) is 17.4 Å². The molecule has 0 radical (unpaired) electrons. The van der Waals surface area contributed by atoms with Crippen LogP contribution in [-0.2, 0) is 19.6 Å². The van der Waals surface area contributed by atoms with Crippen molar-refractivity contribution in [2.45, 2.75) is 26.0 Å². The molecule has 0 spiro atoms. The van der Waals surface area contributed by atoms with Gasteiger partial charge in [0.15, 0.2) is 0 Å². The van der Waals surface area contributed by atoms with Crippen molar-refractivity contribution in [3.8, 4) is 5.75 Å². The van der Waals surface area contributed by atoms with Gasteiger partial charge in [-0.2, -0.15) is 0 Å². The zero-order valence-electron chi connectivity index (χ0n) is 17.3. The first-order valence-corrected chi connectivity index (χ1v) is 10.4. The minimum atomic E-state index is -0.0810. The van der Waals surface area contributed by atoms with Gasteiger partial charge in [-0.3, -0.25) is 9.36 Å². The van der Waals surface area contributed by atoms with Crippen molar-refractivity contribution in [2.75, 3.05) is 14.1 Å². The molecule has 0 aliphatic heterocycles. The molecule has 3 aromatic rings. The molecule has 154 valence electrons. The van der Waals surface area contributed by atoms with E-state index in [1.54, 1.807) is 16.8 Å². The molecule has 2 aromatic carbocycles. The Kier molecular flexibility index (Phi) is 6.07. The normalized spacial score (nSPS) is 13.1. The number of nitrogens with zero attached hydrogens (tertiary/aromatic N) is 2. The number of hydrogen-bond donors (Lipinski definition) is 0. The van der Waals surface area contributed by atoms with E-state index < -0.39 is 0 Å². The van der Waals surface area contributed by atoms with Crippen LogP contribution in [0, 0.1) is 0 Å². The van der Waals surface area contributed by atoms with Gasteiger partial charge in [0.05, 0.1) is 0 Å². The van der Waals surface area contributed by atoms with E-state index in [0.717, 1.165) is 30.6 Å². The molecule has 30 heavy (non-hydrogen) atoms. The highest BCUT2D eigenvalue weighted by molar-refractivity contribution is 6.30. The van der Waals surface area contributed by atoms with Crippen LogP contribution in [0.4, 0.5) is 0 Å². The predicted octanol–water partition coefficient (Wildman–Crippen LogP) is 5.09. The van der Waals surface area contributed by atoms with Crippen LogP contribution in [0.25, 0.3) is 11.8 Å². The number of rotatable bonds is 6. The van der Waals surface area contributed by atoms with Crippen LogP contribution in [0.5, 0.6) is 5.75 Å². The van der Waals surface area contributed by atoms with Crippen LogP contribution in [0.15, 0.2) is 65.6 Å². The first kappa shape index (κ1) is 20.5. The van der Waals surface area contributed by atoms with Crippen LogP contribution in [-0.4, -0.2) is 23.6 Å². The lowest BCUT2D eigenvalue weighted by molar-refractivity contribution is 0.305. The van der Waals surface area contributed by atoms with Crippen molar-refractivity contribution >= 4 is 23.4 Å². The average Bonchev–Trinajstić information content (AvgIpc) is 2.73. The fourth-order valence-electron chi connectivity index (χ4n) is 3.72. The molecule has 1 aliphatic carbocycles. The summed E-state index contributed by atoms with van der Waals surface area (Å²) in [5.41, 5.74) is 5.78. The quantitative estimate of drug-likeness (QED) is 0.557. The van der Waals surface area contributed by atoms with Crippen molar-refractivity contribution in [3.05, 3.63) is 98.4 Å². The highest BCUT2D eigenvalue weighted by atomic mass is 35.5. The van der Waals surface area contributed by atoms with Crippen molar-refractivity contribution in [1.29, 1.82) is 0 Å². The molecule has 4 rings (SSSR count). The number of hydrogen-bond acceptors (Lipinski definition) is 3. The highest BCUT2D eigenvalue weighted by Crippen LogP contribution is 2.27. The SMILES string of the molecule is CN(C)Cc1ccc2c(c1)CCC(n1ccc(OCc3ccc(Cl)cc3)cc1=O)=C2. The third-order valence-corrected chi connectivity index (χ3v) is 5.45. The second-order valence-corrected chi connectivity index (χ2v) is 8.33. The summed E-state index contributed by atoms with van der Waals surface area (Å²) in [6, 6.07) is 17.5. The fourth-order valence-corrected chi connectivity index (χ4v) is 3.85. The van der Waals surface area contributed by atoms with Crippen molar-refractivity contribution < 1.29 is 4.74 Å². The summed E-state index contributed by atoms with van der Waals surface area (Å²) in [6.07, 6.45) is 5.69. The first-order chi connectivity index (χ1) is 14.5. The van der Waals surface area contributed by atoms with E-state index in [2.05, 4.69) is 43.3 Å². The lowest BCUT2D eigenvalue weighted by atomic mass is 9.93. The van der Waals surface area contributed by atoms with Crippen molar-refractivity contribution in [3.63, 3.8) is 0 Å². The monoisotopic (exact) mass is 420 g/mol. The Morgan fingerprint density at radius 2 is 1.77 bits per heavy atom. The molecule has 0 bridgehead atoms. The number of ether oxygens (including phenoxy) is 1. The topological polar surface area (TPSA) is 34.5 Å². The van der Waals surface area contributed by atoms with Crippen molar-refractivity contribution in [2.24, 2.45) is 0 Å². The molecular formula is C25H25ClN2O2. The van der Waals surface area contributed by atoms with E-state index in [-0.39, 0.29) is 5.56 Å². The lowest BCUT2D eigenvalue weighted by Gasteiger charge is -2.20. The number of aromatic nitrogens is 1. The van der Waals surface area contributed by atoms with Gasteiger partial charge >= 0.3 is 0 Å². The van der Waals surface area contributed by atoms with Gasteiger partial charge in [0.25, 0.3) is 5.56 Å². The van der Waals surface area contributed by atoms with Gasteiger partial charge in [-0.15, -0.1) is 0 Å². The van der Waals surface area contributed by atoms with E-state index >= 15 is 0 Å². The predicted molar refractivity (Wildman–Crippen MR) is 123 cm³/mol. The molecule has 0 amide bonds. The minimum absolute atomic E-state index is 0.0810. The first-order valence-electron chi connectivity index (χ1n) is 10.1. The molecule has 4 nitrogen and oxygen atoms in total. The number of benzene rings is 2. The molecule has 1 aromatic heterocycles. The number of allylic oxidation sites excluding steroid dienone is 1. The molecule has 0 saturated heterocycles. The lowest BCUT2D eigenvalue weighted by Crippen LogP contribution is -2.19. The number of aryl methyl sites for hydroxylation is 1. The van der Waals surface area contributed by atoms with Gasteiger partial charge in [0.2, 0.25) is 0 Å². The second kappa shape index (κ2) is 8.90. The summed E-state index contributed by atoms with van der Waals surface area (Å²) in [5, 5.41) is 0.692. The second-order valence-electron chi connectivity index (χ2n) is 7.89. The maximum absolute atomic E-state index is 12.7. The minimum Gasteiger partial charge on any atom is -0.489 e. The Hall–Kier alpha value is -2.82. The molecule has 0 N–H and O–H groups in total. The van der Waals surface area contributed by atoms with E-state index in [4.69, 9.17) is 16.3 Å². The van der Waals surface area contributed by atoms with Gasteiger partial charge in [-0.05, 0) is 73.5 Å². The van der Waals surface area contributed by atoms with E-state index in [1.807, 2.05) is 30.3 Å². The van der Waals surface area contributed by atoms with Crippen LogP contribution in [0.1, 0.15) is 28.7 Å². The highest BCUT2D eigenvalue weighted by Gasteiger charge is 2.14. The number of fused-ring (bicyclic) bond motifs is 1. The Labute approximate surface area is 182 Å². The summed E-state index contributed by atoms with van der Waals surface area (Å²) in [7, 11) is 4.15. The summed E-state index contributed by atoms with van der Waals surface area (Å²) >= 11 is 5.91. The molecule has 0 atom stereocenters. The summed E-state index contributed by atoms with van der Waals surface area (Å²) in [6.45, 7) is 1.33. The summed E-state index contributed by atoms with van der Waals surface area (Å²) < 4.78 is 7.49. The van der Waals surface area contributed by atoms with Gasteiger partial charge in [0.1, 0.15) is 12.4 Å². The molecule has 5 heteroatoms. The van der Waals surface area contributed by atoms with Crippen LogP contribution < -0.4 is 10.3 Å². The average molecular weight is 421 g/mol. The molecule has 0 saturated carbocycles. The van der Waals surface area contributed by atoms with Gasteiger partial charge in [0, 0.05) is 29.5 Å². The zero-order chi connectivity index (χ0) is 21.1. The van der Waals surface area contributed by atoms with Gasteiger partial charge in [-0.1, -0.05) is 41.9 Å². The Bertz CT molecular complexity index is 1130. The smallest absolute Gasteiger partial charge is 0.258 e. The molecule has 1 aliphatic rings. The molecule has 1 heterocycles. The van der Waals surface area contributed by atoms with Crippen LogP contribution >= 0.6 is 11.6 Å². The maximum atomic E-state index is 12.7. The Balaban J connectivity index is 1.50. The summed E-state index contributed by atoms with van der Waals surface area (Å²) in [4.78, 5) is 14.9. The third-order valence-electron chi connectivity index (χ3n) is 5.20. The van der Waals surface area contributed by atoms with Gasteiger partial charge in [-0.25, -0.2) is 0 Å². The number of halogens is 1.